The molecular formula is C22H24FN7O. The summed E-state index contributed by atoms with van der Waals surface area (Å²) in [5.41, 5.74) is 10.3. The van der Waals surface area contributed by atoms with Crippen LogP contribution in [0, 0.1) is 12.7 Å². The minimum Gasteiger partial charge on any atom is -0.384 e. The molecule has 3 aromatic rings. The minimum absolute atomic E-state index is 0.280. The van der Waals surface area contributed by atoms with Crippen LogP contribution in [0.1, 0.15) is 11.3 Å². The summed E-state index contributed by atoms with van der Waals surface area (Å²) in [6.07, 6.45) is 9.71. The number of nitrogens with one attached hydrogen (secondary N) is 4. The topological polar surface area (TPSA) is 121 Å². The van der Waals surface area contributed by atoms with Crippen molar-refractivity contribution in [1.29, 1.82) is 0 Å². The van der Waals surface area contributed by atoms with Crippen molar-refractivity contribution in [3.8, 4) is 11.4 Å². The predicted octanol–water partition coefficient (Wildman–Crippen LogP) is 2.55. The third-order valence-electron chi connectivity index (χ3n) is 4.38. The number of allylic oxidation sites excluding steroid dienone is 1. The van der Waals surface area contributed by atoms with Gasteiger partial charge in [-0.1, -0.05) is 6.08 Å². The Balaban J connectivity index is 0.000000194. The van der Waals surface area contributed by atoms with Crippen molar-refractivity contribution in [2.45, 2.75) is 13.5 Å². The van der Waals surface area contributed by atoms with E-state index in [1.54, 1.807) is 18.5 Å². The number of nitrogens with zero attached hydrogens (tertiary/aromatic N) is 2. The van der Waals surface area contributed by atoms with Gasteiger partial charge in [0.2, 0.25) is 6.41 Å². The lowest BCUT2D eigenvalue weighted by molar-refractivity contribution is -0.105. The van der Waals surface area contributed by atoms with Crippen LogP contribution in [0.5, 0.6) is 0 Å². The van der Waals surface area contributed by atoms with E-state index in [4.69, 9.17) is 5.73 Å². The van der Waals surface area contributed by atoms with Gasteiger partial charge >= 0.3 is 0 Å². The highest BCUT2D eigenvalue weighted by atomic mass is 19.1. The molecule has 0 saturated heterocycles. The van der Waals surface area contributed by atoms with E-state index in [1.165, 1.54) is 12.1 Å². The molecule has 160 valence electrons. The van der Waals surface area contributed by atoms with E-state index in [9.17, 15) is 9.18 Å². The number of carbonyl (C=O) groups excluding carboxylic acids is 1. The Hall–Kier alpha value is -4.14. The number of anilines is 1. The van der Waals surface area contributed by atoms with Crippen LogP contribution in [-0.4, -0.2) is 27.9 Å². The first kappa shape index (κ1) is 21.6. The molecule has 4 rings (SSSR count). The molecule has 0 unspecified atom stereocenters. The molecular weight excluding hydrogens is 397 g/mol. The van der Waals surface area contributed by atoms with Crippen LogP contribution in [-0.2, 0) is 11.3 Å². The molecule has 1 aliphatic rings. The number of aromatic amines is 1. The monoisotopic (exact) mass is 421 g/mol. The number of aromatic nitrogens is 3. The molecule has 31 heavy (non-hydrogen) atoms. The molecule has 0 bridgehead atoms. The number of aryl methyl sites for hydroxylation is 1. The van der Waals surface area contributed by atoms with Crippen molar-refractivity contribution in [3.63, 3.8) is 0 Å². The zero-order valence-electron chi connectivity index (χ0n) is 17.0. The summed E-state index contributed by atoms with van der Waals surface area (Å²) in [5, 5.41) is 8.50. The fourth-order valence-electron chi connectivity index (χ4n) is 2.76. The van der Waals surface area contributed by atoms with Crippen molar-refractivity contribution in [2.24, 2.45) is 5.73 Å². The van der Waals surface area contributed by atoms with Gasteiger partial charge in [0, 0.05) is 36.7 Å². The Morgan fingerprint density at radius 1 is 1.26 bits per heavy atom. The molecule has 0 radical (unpaired) electrons. The molecule has 0 saturated carbocycles. The van der Waals surface area contributed by atoms with Gasteiger partial charge in [-0.2, -0.15) is 0 Å². The summed E-state index contributed by atoms with van der Waals surface area (Å²) >= 11 is 0. The fraction of sp³-hybridized carbons (Fsp3) is 0.136. The van der Waals surface area contributed by atoms with E-state index < -0.39 is 0 Å². The Labute approximate surface area is 179 Å². The Morgan fingerprint density at radius 3 is 2.81 bits per heavy atom. The number of halogens is 1. The van der Waals surface area contributed by atoms with E-state index in [0.717, 1.165) is 22.8 Å². The van der Waals surface area contributed by atoms with E-state index in [1.807, 2.05) is 37.4 Å². The number of nitrogens with two attached hydrogens (primary N) is 1. The SMILES string of the molecule is Cc1cnc(-c2ccc[nH]2)cn1.NC1=C(NCc2cc(NC=O)ccc2F)C=CCN1. The highest BCUT2D eigenvalue weighted by Crippen LogP contribution is 2.15. The van der Waals surface area contributed by atoms with Crippen LogP contribution < -0.4 is 21.7 Å². The summed E-state index contributed by atoms with van der Waals surface area (Å²) in [6, 6.07) is 8.31. The van der Waals surface area contributed by atoms with Gasteiger partial charge < -0.3 is 26.7 Å². The van der Waals surface area contributed by atoms with Crippen molar-refractivity contribution in [2.75, 3.05) is 11.9 Å². The highest BCUT2D eigenvalue weighted by molar-refractivity contribution is 5.71. The van der Waals surface area contributed by atoms with Gasteiger partial charge in [0.25, 0.3) is 0 Å². The van der Waals surface area contributed by atoms with Gasteiger partial charge in [0.15, 0.2) is 0 Å². The van der Waals surface area contributed by atoms with E-state index >= 15 is 0 Å². The van der Waals surface area contributed by atoms with Gasteiger partial charge in [-0.05, 0) is 43.3 Å². The molecule has 0 spiro atoms. The average molecular weight is 421 g/mol. The Bertz CT molecular complexity index is 1060. The summed E-state index contributed by atoms with van der Waals surface area (Å²) in [6.45, 7) is 2.89. The number of dihydropyridines is 1. The third kappa shape index (κ3) is 6.17. The molecule has 9 heteroatoms. The maximum absolute atomic E-state index is 13.6. The van der Waals surface area contributed by atoms with E-state index in [2.05, 4.69) is 30.9 Å². The smallest absolute Gasteiger partial charge is 0.211 e. The molecule has 1 aliphatic heterocycles. The van der Waals surface area contributed by atoms with Crippen molar-refractivity contribution < 1.29 is 9.18 Å². The van der Waals surface area contributed by atoms with Crippen molar-refractivity contribution >= 4 is 12.1 Å². The summed E-state index contributed by atoms with van der Waals surface area (Å²) in [5.74, 6) is 0.195. The summed E-state index contributed by atoms with van der Waals surface area (Å²) < 4.78 is 13.6. The van der Waals surface area contributed by atoms with Gasteiger partial charge in [0.05, 0.1) is 23.3 Å². The predicted molar refractivity (Wildman–Crippen MR) is 118 cm³/mol. The van der Waals surface area contributed by atoms with Crippen LogP contribution in [0.2, 0.25) is 0 Å². The van der Waals surface area contributed by atoms with Gasteiger partial charge in [-0.3, -0.25) is 14.8 Å². The molecule has 1 amide bonds. The second-order valence-electron chi connectivity index (χ2n) is 6.66. The van der Waals surface area contributed by atoms with Crippen LogP contribution in [0.15, 0.2) is 72.6 Å². The first-order chi connectivity index (χ1) is 15.1. The Kier molecular flexibility index (Phi) is 7.36. The molecule has 0 aliphatic carbocycles. The molecule has 0 atom stereocenters. The zero-order valence-corrected chi connectivity index (χ0v) is 17.0. The maximum Gasteiger partial charge on any atom is 0.211 e. The number of hydrogen-bond acceptors (Lipinski definition) is 6. The summed E-state index contributed by atoms with van der Waals surface area (Å²) in [4.78, 5) is 21.8. The fourth-order valence-corrected chi connectivity index (χ4v) is 2.76. The van der Waals surface area contributed by atoms with Gasteiger partial charge in [-0.15, -0.1) is 0 Å². The molecule has 8 nitrogen and oxygen atoms in total. The second kappa shape index (κ2) is 10.6. The second-order valence-corrected chi connectivity index (χ2v) is 6.66. The average Bonchev–Trinajstić information content (AvgIpc) is 3.31. The summed E-state index contributed by atoms with van der Waals surface area (Å²) in [7, 11) is 0. The first-order valence-electron chi connectivity index (χ1n) is 9.62. The zero-order chi connectivity index (χ0) is 22.1. The minimum atomic E-state index is -0.337. The van der Waals surface area contributed by atoms with E-state index in [0.29, 0.717) is 30.0 Å². The third-order valence-corrected chi connectivity index (χ3v) is 4.38. The van der Waals surface area contributed by atoms with Crippen LogP contribution in [0.25, 0.3) is 11.4 Å². The van der Waals surface area contributed by atoms with Gasteiger partial charge in [-0.25, -0.2) is 4.39 Å². The van der Waals surface area contributed by atoms with Crippen LogP contribution >= 0.6 is 0 Å². The number of H-pyrrole nitrogens is 1. The van der Waals surface area contributed by atoms with Crippen LogP contribution in [0.3, 0.4) is 0 Å². The number of carbonyl (C=O) groups is 1. The maximum atomic E-state index is 13.6. The largest absolute Gasteiger partial charge is 0.384 e. The number of benzene rings is 1. The van der Waals surface area contributed by atoms with Gasteiger partial charge in [0.1, 0.15) is 17.3 Å². The standard InChI is InChI=1S/C13H15FN4O.C9H9N3/c14-11-4-3-10(18-8-19)6-9(11)7-17-12-2-1-5-16-13(12)15;1-7-5-12-9(6-11-7)8-3-2-4-10-8/h1-4,6,8,16-17H,5,7,15H2,(H,18,19);2-6,10H,1H3. The number of amides is 1. The first-order valence-corrected chi connectivity index (χ1v) is 9.62. The molecule has 2 aromatic heterocycles. The lowest BCUT2D eigenvalue weighted by Crippen LogP contribution is -2.29. The van der Waals surface area contributed by atoms with E-state index in [-0.39, 0.29) is 12.4 Å². The quantitative estimate of drug-likeness (QED) is 0.390. The van der Waals surface area contributed by atoms with Crippen molar-refractivity contribution in [1.82, 2.24) is 25.6 Å². The normalized spacial score (nSPS) is 12.5. The Morgan fingerprint density at radius 2 is 2.13 bits per heavy atom. The molecule has 0 fully saturated rings. The van der Waals surface area contributed by atoms with Crippen LogP contribution in [0.4, 0.5) is 10.1 Å². The lowest BCUT2D eigenvalue weighted by Gasteiger charge is -2.16. The number of rotatable bonds is 6. The number of hydrogen-bond donors (Lipinski definition) is 5. The molecule has 3 heterocycles. The molecule has 6 N–H and O–H groups in total. The highest BCUT2D eigenvalue weighted by Gasteiger charge is 2.07. The lowest BCUT2D eigenvalue weighted by atomic mass is 10.1. The molecule has 1 aromatic carbocycles. The van der Waals surface area contributed by atoms with Crippen molar-refractivity contribution in [3.05, 3.63) is 89.7 Å².